The van der Waals surface area contributed by atoms with Gasteiger partial charge in [-0.15, -0.1) is 0 Å². The lowest BCUT2D eigenvalue weighted by atomic mass is 9.72. The van der Waals surface area contributed by atoms with E-state index in [0.717, 1.165) is 12.0 Å². The van der Waals surface area contributed by atoms with Crippen molar-refractivity contribution in [2.75, 3.05) is 13.7 Å². The molecule has 0 bridgehead atoms. The first kappa shape index (κ1) is 20.1. The standard InChI is InChI=1S/C24H26N2O4/c1-4-30-21-10-7-13-26-22(15(2)25-23(21)26)20(27)14-19-17-9-6-5-8-16(17)11-12-18(19)24(28)29-3/h5-10,13,18-19H,4,11-12,14H2,1-3H3. The highest BCUT2D eigenvalue weighted by atomic mass is 16.5. The Kier molecular flexibility index (Phi) is 5.57. The molecule has 6 heteroatoms. The normalized spacial score (nSPS) is 18.1. The largest absolute Gasteiger partial charge is 0.490 e. The molecule has 2 unspecified atom stereocenters. The lowest BCUT2D eigenvalue weighted by molar-refractivity contribution is -0.146. The monoisotopic (exact) mass is 406 g/mol. The van der Waals surface area contributed by atoms with Gasteiger partial charge in [-0.1, -0.05) is 24.3 Å². The molecule has 0 amide bonds. The number of methoxy groups -OCH3 is 1. The third-order valence-electron chi connectivity index (χ3n) is 5.93. The minimum Gasteiger partial charge on any atom is -0.490 e. The Morgan fingerprint density at radius 3 is 2.77 bits per heavy atom. The molecule has 1 aliphatic rings. The van der Waals surface area contributed by atoms with Crippen LogP contribution in [-0.2, 0) is 16.0 Å². The molecule has 0 fully saturated rings. The van der Waals surface area contributed by atoms with E-state index in [4.69, 9.17) is 9.47 Å². The summed E-state index contributed by atoms with van der Waals surface area (Å²) in [6.45, 7) is 4.27. The smallest absolute Gasteiger partial charge is 0.309 e. The maximum atomic E-state index is 13.5. The number of hydrogen-bond acceptors (Lipinski definition) is 5. The van der Waals surface area contributed by atoms with Gasteiger partial charge in [-0.2, -0.15) is 0 Å². The number of ether oxygens (including phenoxy) is 2. The van der Waals surface area contributed by atoms with Gasteiger partial charge >= 0.3 is 5.97 Å². The van der Waals surface area contributed by atoms with Gasteiger partial charge in [0.15, 0.2) is 17.2 Å². The molecule has 0 radical (unpaired) electrons. The molecule has 4 rings (SSSR count). The fourth-order valence-electron chi connectivity index (χ4n) is 4.59. The van der Waals surface area contributed by atoms with Gasteiger partial charge in [0.05, 0.1) is 25.3 Å². The Morgan fingerprint density at radius 2 is 2.00 bits per heavy atom. The van der Waals surface area contributed by atoms with Crippen molar-refractivity contribution in [3.8, 4) is 5.75 Å². The first-order valence-corrected chi connectivity index (χ1v) is 10.3. The number of hydrogen-bond donors (Lipinski definition) is 0. The number of Topliss-reactive ketones (excluding diaryl/α,β-unsaturated/α-hetero) is 1. The van der Waals surface area contributed by atoms with Gasteiger partial charge in [-0.25, -0.2) is 4.98 Å². The zero-order valence-corrected chi connectivity index (χ0v) is 17.6. The molecule has 3 aromatic rings. The fraction of sp³-hybridized carbons (Fsp3) is 0.375. The number of carbonyl (C=O) groups excluding carboxylic acids is 2. The number of imidazole rings is 1. The second kappa shape index (κ2) is 8.30. The SMILES string of the molecule is CCOc1cccn2c(C(=O)CC3c4ccccc4CCC3C(=O)OC)c(C)nc12. The number of rotatable bonds is 6. The molecule has 30 heavy (non-hydrogen) atoms. The molecule has 156 valence electrons. The summed E-state index contributed by atoms with van der Waals surface area (Å²) in [5, 5.41) is 0. The summed E-state index contributed by atoms with van der Waals surface area (Å²) in [5.74, 6) is -0.181. The van der Waals surface area contributed by atoms with Crippen LogP contribution in [0.15, 0.2) is 42.6 Å². The van der Waals surface area contributed by atoms with Crippen molar-refractivity contribution in [1.82, 2.24) is 9.38 Å². The van der Waals surface area contributed by atoms with Crippen LogP contribution in [0, 0.1) is 12.8 Å². The topological polar surface area (TPSA) is 69.9 Å². The van der Waals surface area contributed by atoms with Crippen LogP contribution >= 0.6 is 0 Å². The Morgan fingerprint density at radius 1 is 1.20 bits per heavy atom. The Bertz CT molecular complexity index is 1100. The van der Waals surface area contributed by atoms with E-state index in [-0.39, 0.29) is 30.0 Å². The third kappa shape index (κ3) is 3.47. The molecule has 1 aromatic carbocycles. The van der Waals surface area contributed by atoms with E-state index >= 15 is 0 Å². The van der Waals surface area contributed by atoms with E-state index in [1.54, 1.807) is 4.40 Å². The summed E-state index contributed by atoms with van der Waals surface area (Å²) in [5.41, 5.74) is 4.09. The Hall–Kier alpha value is -3.15. The first-order valence-electron chi connectivity index (χ1n) is 10.3. The van der Waals surface area contributed by atoms with Crippen LogP contribution in [0.4, 0.5) is 0 Å². The van der Waals surface area contributed by atoms with E-state index in [9.17, 15) is 9.59 Å². The molecule has 2 heterocycles. The van der Waals surface area contributed by atoms with E-state index in [1.807, 2.05) is 50.4 Å². The molecule has 1 aliphatic carbocycles. The Balaban J connectivity index is 1.73. The van der Waals surface area contributed by atoms with Crippen LogP contribution in [0.5, 0.6) is 5.75 Å². The molecule has 0 N–H and O–H groups in total. The van der Waals surface area contributed by atoms with Gasteiger partial charge in [0.25, 0.3) is 0 Å². The first-order chi connectivity index (χ1) is 14.5. The van der Waals surface area contributed by atoms with Crippen molar-refractivity contribution < 1.29 is 19.1 Å². The molecular weight excluding hydrogens is 380 g/mol. The minimum absolute atomic E-state index is 0.0377. The summed E-state index contributed by atoms with van der Waals surface area (Å²) in [7, 11) is 1.41. The maximum Gasteiger partial charge on any atom is 0.309 e. The lowest BCUT2D eigenvalue weighted by Gasteiger charge is -2.31. The second-order valence-electron chi connectivity index (χ2n) is 7.65. The Labute approximate surface area is 175 Å². The van der Waals surface area contributed by atoms with Crippen LogP contribution in [-0.4, -0.2) is 34.9 Å². The average molecular weight is 406 g/mol. The predicted molar refractivity (Wildman–Crippen MR) is 113 cm³/mol. The van der Waals surface area contributed by atoms with E-state index in [2.05, 4.69) is 11.1 Å². The molecule has 2 atom stereocenters. The summed E-state index contributed by atoms with van der Waals surface area (Å²) in [6.07, 6.45) is 3.55. The maximum absolute atomic E-state index is 13.5. The van der Waals surface area contributed by atoms with Gasteiger partial charge in [0, 0.05) is 18.5 Å². The molecule has 0 aliphatic heterocycles. The van der Waals surface area contributed by atoms with Crippen molar-refractivity contribution >= 4 is 17.4 Å². The molecular formula is C24H26N2O4. The summed E-state index contributed by atoms with van der Waals surface area (Å²) >= 11 is 0. The number of benzene rings is 1. The minimum atomic E-state index is -0.327. The zero-order valence-electron chi connectivity index (χ0n) is 17.6. The average Bonchev–Trinajstić information content (AvgIpc) is 3.10. The van der Waals surface area contributed by atoms with E-state index in [0.29, 0.717) is 35.8 Å². The van der Waals surface area contributed by atoms with Crippen LogP contribution in [0.25, 0.3) is 5.65 Å². The van der Waals surface area contributed by atoms with Gasteiger partial charge in [0.2, 0.25) is 0 Å². The van der Waals surface area contributed by atoms with Crippen molar-refractivity contribution in [1.29, 1.82) is 0 Å². The number of aryl methyl sites for hydroxylation is 2. The second-order valence-corrected chi connectivity index (χ2v) is 7.65. The molecule has 0 saturated heterocycles. The number of pyridine rings is 1. The number of fused-ring (bicyclic) bond motifs is 2. The quantitative estimate of drug-likeness (QED) is 0.455. The van der Waals surface area contributed by atoms with Crippen LogP contribution in [0.2, 0.25) is 0 Å². The zero-order chi connectivity index (χ0) is 21.3. The van der Waals surface area contributed by atoms with Gasteiger partial charge in [0.1, 0.15) is 5.69 Å². The number of carbonyl (C=O) groups is 2. The van der Waals surface area contributed by atoms with E-state index in [1.165, 1.54) is 12.7 Å². The molecule has 0 spiro atoms. The van der Waals surface area contributed by atoms with Crippen molar-refractivity contribution in [3.63, 3.8) is 0 Å². The number of ketones is 1. The van der Waals surface area contributed by atoms with Crippen LogP contribution in [0.3, 0.4) is 0 Å². The van der Waals surface area contributed by atoms with E-state index < -0.39 is 0 Å². The van der Waals surface area contributed by atoms with Crippen LogP contribution < -0.4 is 4.74 Å². The summed E-state index contributed by atoms with van der Waals surface area (Å²) in [6, 6.07) is 11.8. The highest BCUT2D eigenvalue weighted by molar-refractivity contribution is 5.97. The molecule has 2 aromatic heterocycles. The fourth-order valence-corrected chi connectivity index (χ4v) is 4.59. The van der Waals surface area contributed by atoms with Crippen LogP contribution in [0.1, 0.15) is 53.0 Å². The highest BCUT2D eigenvalue weighted by Crippen LogP contribution is 2.40. The predicted octanol–water partition coefficient (Wildman–Crippen LogP) is 4.13. The van der Waals surface area contributed by atoms with Gasteiger partial charge in [-0.3, -0.25) is 14.0 Å². The van der Waals surface area contributed by atoms with Gasteiger partial charge < -0.3 is 9.47 Å². The molecule has 6 nitrogen and oxygen atoms in total. The lowest BCUT2D eigenvalue weighted by Crippen LogP contribution is -2.30. The van der Waals surface area contributed by atoms with Crippen molar-refractivity contribution in [3.05, 3.63) is 65.1 Å². The summed E-state index contributed by atoms with van der Waals surface area (Å²) in [4.78, 5) is 30.6. The van der Waals surface area contributed by atoms with Crippen molar-refractivity contribution in [2.45, 2.75) is 39.0 Å². The number of aromatic nitrogens is 2. The number of esters is 1. The third-order valence-corrected chi connectivity index (χ3v) is 5.93. The highest BCUT2D eigenvalue weighted by Gasteiger charge is 2.37. The number of nitrogens with zero attached hydrogens (tertiary/aromatic N) is 2. The molecule has 0 saturated carbocycles. The van der Waals surface area contributed by atoms with Gasteiger partial charge in [-0.05, 0) is 49.9 Å². The summed E-state index contributed by atoms with van der Waals surface area (Å²) < 4.78 is 12.5. The van der Waals surface area contributed by atoms with Crippen molar-refractivity contribution in [2.24, 2.45) is 5.92 Å².